The third-order valence-electron chi connectivity index (χ3n) is 6.58. The van der Waals surface area contributed by atoms with Gasteiger partial charge < -0.3 is 15.4 Å². The molecule has 0 fully saturated rings. The lowest BCUT2D eigenvalue weighted by Crippen LogP contribution is -2.32. The maximum Gasteiger partial charge on any atom is 0.416 e. The molecule has 1 unspecified atom stereocenters. The lowest BCUT2D eigenvalue weighted by atomic mass is 9.91. The van der Waals surface area contributed by atoms with E-state index in [1.165, 1.54) is 13.0 Å². The second-order valence-corrected chi connectivity index (χ2v) is 12.4. The lowest BCUT2D eigenvalue weighted by Gasteiger charge is -2.19. The number of hydrogen-bond donors (Lipinski definition) is 2. The summed E-state index contributed by atoms with van der Waals surface area (Å²) >= 11 is 1.16. The number of alkyl halides is 3. The molecule has 4 rings (SSSR count). The first-order valence-corrected chi connectivity index (χ1v) is 14.7. The normalized spacial score (nSPS) is 14.6. The van der Waals surface area contributed by atoms with E-state index in [4.69, 9.17) is 4.74 Å². The highest BCUT2D eigenvalue weighted by Crippen LogP contribution is 2.38. The molecule has 0 aliphatic heterocycles. The van der Waals surface area contributed by atoms with Crippen LogP contribution in [0.2, 0.25) is 0 Å². The number of hydrogen-bond acceptors (Lipinski definition) is 6. The van der Waals surface area contributed by atoms with Crippen molar-refractivity contribution in [3.8, 4) is 10.6 Å². The quantitative estimate of drug-likeness (QED) is 0.277. The number of allylic oxidation sites excluding steroid dienone is 2. The van der Waals surface area contributed by atoms with Gasteiger partial charge in [-0.1, -0.05) is 41.7 Å². The number of amides is 2. The van der Waals surface area contributed by atoms with E-state index >= 15 is 0 Å². The van der Waals surface area contributed by atoms with Gasteiger partial charge in [0, 0.05) is 19.0 Å². The number of halogens is 3. The summed E-state index contributed by atoms with van der Waals surface area (Å²) < 4.78 is 46.7. The number of ether oxygens (including phenoxy) is 1. The first kappa shape index (κ1) is 31.2. The molecule has 1 heterocycles. The Morgan fingerprint density at radius 3 is 2.31 bits per heavy atom. The third kappa shape index (κ3) is 8.88. The molecule has 0 saturated carbocycles. The fourth-order valence-corrected chi connectivity index (χ4v) is 5.54. The largest absolute Gasteiger partial charge is 0.444 e. The average molecular weight is 601 g/mol. The Morgan fingerprint density at radius 2 is 1.69 bits per heavy atom. The van der Waals surface area contributed by atoms with Crippen molar-refractivity contribution in [2.45, 2.75) is 84.2 Å². The van der Waals surface area contributed by atoms with Crippen LogP contribution in [0.4, 0.5) is 18.0 Å². The van der Waals surface area contributed by atoms with Gasteiger partial charge in [-0.2, -0.15) is 13.2 Å². The molecular formula is C31H35F3N4O3S. The van der Waals surface area contributed by atoms with Crippen molar-refractivity contribution in [2.75, 3.05) is 0 Å². The van der Waals surface area contributed by atoms with E-state index in [-0.39, 0.29) is 5.91 Å². The molecule has 2 aromatic carbocycles. The Kier molecular flexibility index (Phi) is 9.71. The Hall–Kier alpha value is -3.73. The van der Waals surface area contributed by atoms with Crippen molar-refractivity contribution < 1.29 is 27.5 Å². The summed E-state index contributed by atoms with van der Waals surface area (Å²) in [5.74, 6) is -0.263. The molecule has 0 bridgehead atoms. The van der Waals surface area contributed by atoms with Crippen LogP contribution in [0.3, 0.4) is 0 Å². The van der Waals surface area contributed by atoms with E-state index in [0.717, 1.165) is 59.8 Å². The number of alkyl carbamates (subject to hydrolysis) is 1. The molecule has 2 amide bonds. The van der Waals surface area contributed by atoms with Crippen LogP contribution < -0.4 is 10.6 Å². The maximum absolute atomic E-state index is 13.8. The van der Waals surface area contributed by atoms with Crippen LogP contribution >= 0.6 is 11.3 Å². The predicted octanol–water partition coefficient (Wildman–Crippen LogP) is 7.63. The van der Waals surface area contributed by atoms with Gasteiger partial charge in [0.05, 0.1) is 11.6 Å². The van der Waals surface area contributed by atoms with E-state index in [0.29, 0.717) is 34.1 Å². The topological polar surface area (TPSA) is 93.2 Å². The smallest absolute Gasteiger partial charge is 0.416 e. The van der Waals surface area contributed by atoms with Crippen LogP contribution in [0.1, 0.15) is 86.7 Å². The zero-order valence-electron chi connectivity index (χ0n) is 24.1. The minimum Gasteiger partial charge on any atom is -0.444 e. The van der Waals surface area contributed by atoms with Gasteiger partial charge in [0.1, 0.15) is 15.6 Å². The van der Waals surface area contributed by atoms with Gasteiger partial charge in [-0.25, -0.2) is 4.79 Å². The summed E-state index contributed by atoms with van der Waals surface area (Å²) in [6, 6.07) is 11.0. The van der Waals surface area contributed by atoms with Gasteiger partial charge in [-0.05, 0) is 93.3 Å². The zero-order chi connectivity index (χ0) is 30.5. The van der Waals surface area contributed by atoms with Crippen LogP contribution in [-0.2, 0) is 28.7 Å². The van der Waals surface area contributed by atoms with Gasteiger partial charge >= 0.3 is 12.3 Å². The number of rotatable bonds is 8. The Bertz CT molecular complexity index is 1440. The van der Waals surface area contributed by atoms with Crippen LogP contribution in [-0.4, -0.2) is 27.8 Å². The molecule has 0 saturated heterocycles. The summed E-state index contributed by atoms with van der Waals surface area (Å²) in [6.07, 6.45) is 0.972. The molecule has 2 N–H and O–H groups in total. The fraction of sp³-hybridized carbons (Fsp3) is 0.419. The summed E-state index contributed by atoms with van der Waals surface area (Å²) in [5, 5.41) is 14.9. The molecule has 1 aliphatic carbocycles. The molecule has 1 atom stereocenters. The summed E-state index contributed by atoms with van der Waals surface area (Å²) in [6.45, 7) is 7.07. The second-order valence-electron chi connectivity index (χ2n) is 11.3. The fourth-order valence-electron chi connectivity index (χ4n) is 4.66. The summed E-state index contributed by atoms with van der Waals surface area (Å²) in [5.41, 5.74) is 2.27. The standard InChI is InChI=1S/C31H35F3N4O3S/c1-19(39)36-26(14-20-10-12-21(13-11-20)18-35-29(40)41-30(2,3)4)28-38-37-27(42-28)24-15-23(22-8-6-5-7-9-22)16-25(17-24)31(32,33)34/h8,10-13,15-17,26H,5-7,9,14,18H2,1-4H3,(H,35,40)(H,36,39). The Balaban J connectivity index is 1.53. The molecule has 0 radical (unpaired) electrons. The van der Waals surface area contributed by atoms with Crippen molar-refractivity contribution in [3.63, 3.8) is 0 Å². The van der Waals surface area contributed by atoms with Crippen LogP contribution in [0.15, 0.2) is 48.5 Å². The minimum absolute atomic E-state index is 0.263. The van der Waals surface area contributed by atoms with Crippen LogP contribution in [0.25, 0.3) is 16.1 Å². The highest BCUT2D eigenvalue weighted by molar-refractivity contribution is 7.14. The van der Waals surface area contributed by atoms with Crippen LogP contribution in [0.5, 0.6) is 0 Å². The second kappa shape index (κ2) is 13.1. The van der Waals surface area contributed by atoms with Gasteiger partial charge in [-0.15, -0.1) is 10.2 Å². The van der Waals surface area contributed by atoms with Crippen molar-refractivity contribution >= 4 is 28.9 Å². The number of carbonyl (C=O) groups is 2. The van der Waals surface area contributed by atoms with Crippen molar-refractivity contribution in [1.29, 1.82) is 0 Å². The Labute approximate surface area is 247 Å². The number of benzene rings is 2. The SMILES string of the molecule is CC(=O)NC(Cc1ccc(CNC(=O)OC(C)(C)C)cc1)c1nnc(-c2cc(C3=CCCCC3)cc(C(F)(F)F)c2)s1. The highest BCUT2D eigenvalue weighted by atomic mass is 32.1. The van der Waals surface area contributed by atoms with Crippen molar-refractivity contribution in [3.05, 3.63) is 75.8 Å². The molecule has 0 spiro atoms. The molecule has 224 valence electrons. The minimum atomic E-state index is -4.50. The first-order chi connectivity index (χ1) is 19.8. The molecule has 7 nitrogen and oxygen atoms in total. The van der Waals surface area contributed by atoms with Crippen molar-refractivity contribution in [2.24, 2.45) is 0 Å². The highest BCUT2D eigenvalue weighted by Gasteiger charge is 2.32. The molecule has 11 heteroatoms. The molecule has 3 aromatic rings. The van der Waals surface area contributed by atoms with Gasteiger partial charge in [0.2, 0.25) is 5.91 Å². The van der Waals surface area contributed by atoms with E-state index < -0.39 is 29.5 Å². The average Bonchev–Trinajstić information content (AvgIpc) is 3.41. The van der Waals surface area contributed by atoms with Gasteiger partial charge in [-0.3, -0.25) is 4.79 Å². The zero-order valence-corrected chi connectivity index (χ0v) is 24.9. The molecule has 1 aromatic heterocycles. The number of aromatic nitrogens is 2. The number of nitrogens with zero attached hydrogens (tertiary/aromatic N) is 2. The van der Waals surface area contributed by atoms with Crippen LogP contribution in [0, 0.1) is 0 Å². The summed E-state index contributed by atoms with van der Waals surface area (Å²) in [7, 11) is 0. The third-order valence-corrected chi connectivity index (χ3v) is 7.67. The summed E-state index contributed by atoms with van der Waals surface area (Å²) in [4.78, 5) is 24.0. The Morgan fingerprint density at radius 1 is 1.00 bits per heavy atom. The number of nitrogens with one attached hydrogen (secondary N) is 2. The first-order valence-electron chi connectivity index (χ1n) is 13.8. The van der Waals surface area contributed by atoms with Gasteiger partial charge in [0.15, 0.2) is 0 Å². The van der Waals surface area contributed by atoms with Crippen molar-refractivity contribution in [1.82, 2.24) is 20.8 Å². The maximum atomic E-state index is 13.8. The predicted molar refractivity (Wildman–Crippen MR) is 157 cm³/mol. The van der Waals surface area contributed by atoms with Gasteiger partial charge in [0.25, 0.3) is 0 Å². The number of carbonyl (C=O) groups excluding carboxylic acids is 2. The van der Waals surface area contributed by atoms with E-state index in [2.05, 4.69) is 20.8 Å². The molecule has 42 heavy (non-hydrogen) atoms. The molecule has 1 aliphatic rings. The monoisotopic (exact) mass is 600 g/mol. The van der Waals surface area contributed by atoms with E-state index in [9.17, 15) is 22.8 Å². The lowest BCUT2D eigenvalue weighted by molar-refractivity contribution is -0.137. The van der Waals surface area contributed by atoms with E-state index in [1.54, 1.807) is 26.8 Å². The van der Waals surface area contributed by atoms with E-state index in [1.807, 2.05) is 30.3 Å². The molecular weight excluding hydrogens is 565 g/mol.